The second-order valence-electron chi connectivity index (χ2n) is 3.42. The fourth-order valence-corrected chi connectivity index (χ4v) is 1.84. The first-order valence-corrected chi connectivity index (χ1v) is 6.92. The van der Waals surface area contributed by atoms with E-state index >= 15 is 0 Å². The van der Waals surface area contributed by atoms with Crippen LogP contribution in [0.3, 0.4) is 0 Å². The van der Waals surface area contributed by atoms with E-state index < -0.39 is 10.0 Å². The number of aryl methyl sites for hydroxylation is 1. The molecular weight excluding hydrogens is 228 g/mol. The van der Waals surface area contributed by atoms with Crippen LogP contribution in [-0.2, 0) is 23.0 Å². The maximum atomic E-state index is 11.1. The van der Waals surface area contributed by atoms with Crippen molar-refractivity contribution in [2.45, 2.75) is 19.9 Å². The van der Waals surface area contributed by atoms with E-state index in [4.69, 9.17) is 4.42 Å². The summed E-state index contributed by atoms with van der Waals surface area (Å²) in [6.07, 6.45) is 0.869. The van der Waals surface area contributed by atoms with Crippen molar-refractivity contribution < 1.29 is 12.8 Å². The molecule has 92 valence electrons. The highest BCUT2D eigenvalue weighted by molar-refractivity contribution is 7.89. The molecule has 0 aliphatic carbocycles. The monoisotopic (exact) mass is 246 g/mol. The number of furan rings is 1. The zero-order valence-corrected chi connectivity index (χ0v) is 10.4. The van der Waals surface area contributed by atoms with Gasteiger partial charge in [-0.05, 0) is 19.2 Å². The SMILES string of the molecule is CCc1ccc(CNCCS(=O)(=O)NC)o1. The molecule has 0 saturated heterocycles. The fraction of sp³-hybridized carbons (Fsp3) is 0.600. The summed E-state index contributed by atoms with van der Waals surface area (Å²) < 4.78 is 29.9. The molecule has 0 atom stereocenters. The average Bonchev–Trinajstić information content (AvgIpc) is 2.72. The van der Waals surface area contributed by atoms with Gasteiger partial charge >= 0.3 is 0 Å². The lowest BCUT2D eigenvalue weighted by Crippen LogP contribution is -2.29. The highest BCUT2D eigenvalue weighted by Gasteiger charge is 2.06. The normalized spacial score (nSPS) is 11.9. The number of rotatable bonds is 7. The van der Waals surface area contributed by atoms with Gasteiger partial charge in [0, 0.05) is 13.0 Å². The third-order valence-corrected chi connectivity index (χ3v) is 3.59. The molecule has 1 aromatic rings. The molecular formula is C10H18N2O3S. The highest BCUT2D eigenvalue weighted by Crippen LogP contribution is 2.07. The standard InChI is InChI=1S/C10H18N2O3S/c1-3-9-4-5-10(15-9)8-12-6-7-16(13,14)11-2/h4-5,11-12H,3,6-8H2,1-2H3. The number of nitrogens with one attached hydrogen (secondary N) is 2. The van der Waals surface area contributed by atoms with Crippen LogP contribution < -0.4 is 10.0 Å². The van der Waals surface area contributed by atoms with Crippen LogP contribution in [0.1, 0.15) is 18.4 Å². The molecule has 1 heterocycles. The summed E-state index contributed by atoms with van der Waals surface area (Å²) in [7, 11) is -1.70. The van der Waals surface area contributed by atoms with Gasteiger partial charge < -0.3 is 9.73 Å². The zero-order chi connectivity index (χ0) is 12.0. The van der Waals surface area contributed by atoms with Crippen LogP contribution in [0.2, 0.25) is 0 Å². The molecule has 0 bridgehead atoms. The predicted octanol–water partition coefficient (Wildman–Crippen LogP) is 0.481. The summed E-state index contributed by atoms with van der Waals surface area (Å²) in [5.74, 6) is 1.85. The fourth-order valence-electron chi connectivity index (χ4n) is 1.23. The largest absolute Gasteiger partial charge is 0.465 e. The van der Waals surface area contributed by atoms with Crippen molar-refractivity contribution in [1.29, 1.82) is 0 Å². The molecule has 0 aromatic carbocycles. The quantitative estimate of drug-likeness (QED) is 0.687. The lowest BCUT2D eigenvalue weighted by atomic mass is 10.3. The minimum Gasteiger partial charge on any atom is -0.465 e. The van der Waals surface area contributed by atoms with Gasteiger partial charge in [0.2, 0.25) is 10.0 Å². The minimum absolute atomic E-state index is 0.0742. The summed E-state index contributed by atoms with van der Waals surface area (Å²) in [5.41, 5.74) is 0. The Morgan fingerprint density at radius 3 is 2.56 bits per heavy atom. The third kappa shape index (κ3) is 4.34. The molecule has 0 aliphatic rings. The Bertz CT molecular complexity index is 411. The first-order chi connectivity index (χ1) is 7.57. The molecule has 0 unspecified atom stereocenters. The van der Waals surface area contributed by atoms with Crippen molar-refractivity contribution in [2.24, 2.45) is 0 Å². The summed E-state index contributed by atoms with van der Waals surface area (Å²) in [6.45, 7) is 2.99. The van der Waals surface area contributed by atoms with E-state index in [2.05, 4.69) is 10.0 Å². The Balaban J connectivity index is 2.26. The first kappa shape index (κ1) is 13.2. The maximum absolute atomic E-state index is 11.1. The Morgan fingerprint density at radius 2 is 2.00 bits per heavy atom. The number of hydrogen-bond donors (Lipinski definition) is 2. The second kappa shape index (κ2) is 6.03. The van der Waals surface area contributed by atoms with Crippen molar-refractivity contribution in [3.05, 3.63) is 23.7 Å². The van der Waals surface area contributed by atoms with E-state index in [-0.39, 0.29) is 5.75 Å². The summed E-state index contributed by atoms with van der Waals surface area (Å²) in [4.78, 5) is 0. The van der Waals surface area contributed by atoms with Gasteiger partial charge in [-0.15, -0.1) is 0 Å². The number of sulfonamides is 1. The van der Waals surface area contributed by atoms with Crippen LogP contribution >= 0.6 is 0 Å². The second-order valence-corrected chi connectivity index (χ2v) is 5.47. The van der Waals surface area contributed by atoms with Gasteiger partial charge in [0.05, 0.1) is 12.3 Å². The average molecular weight is 246 g/mol. The summed E-state index contributed by atoms with van der Waals surface area (Å²) in [6, 6.07) is 3.83. The van der Waals surface area contributed by atoms with Crippen molar-refractivity contribution in [1.82, 2.24) is 10.0 Å². The lowest BCUT2D eigenvalue weighted by Gasteiger charge is -2.03. The van der Waals surface area contributed by atoms with E-state index in [1.165, 1.54) is 7.05 Å². The summed E-state index contributed by atoms with van der Waals surface area (Å²) >= 11 is 0. The molecule has 0 spiro atoms. The van der Waals surface area contributed by atoms with Gasteiger partial charge in [0.15, 0.2) is 0 Å². The van der Waals surface area contributed by atoms with Gasteiger partial charge in [-0.1, -0.05) is 6.92 Å². The van der Waals surface area contributed by atoms with Crippen LogP contribution in [0.5, 0.6) is 0 Å². The molecule has 5 nitrogen and oxygen atoms in total. The third-order valence-electron chi connectivity index (χ3n) is 2.22. The Hall–Kier alpha value is -0.850. The Kier molecular flexibility index (Phi) is 4.98. The van der Waals surface area contributed by atoms with E-state index in [0.717, 1.165) is 17.9 Å². The van der Waals surface area contributed by atoms with Crippen molar-refractivity contribution >= 4 is 10.0 Å². The van der Waals surface area contributed by atoms with Crippen molar-refractivity contribution in [3.8, 4) is 0 Å². The van der Waals surface area contributed by atoms with Gasteiger partial charge in [0.25, 0.3) is 0 Å². The molecule has 2 N–H and O–H groups in total. The van der Waals surface area contributed by atoms with Gasteiger partial charge in [0.1, 0.15) is 11.5 Å². The minimum atomic E-state index is -3.12. The van der Waals surface area contributed by atoms with Crippen LogP contribution in [-0.4, -0.2) is 27.8 Å². The molecule has 0 aliphatic heterocycles. The molecule has 0 fully saturated rings. The predicted molar refractivity (Wildman–Crippen MR) is 62.6 cm³/mol. The Morgan fingerprint density at radius 1 is 1.31 bits per heavy atom. The van der Waals surface area contributed by atoms with E-state index in [9.17, 15) is 8.42 Å². The smallest absolute Gasteiger partial charge is 0.212 e. The first-order valence-electron chi connectivity index (χ1n) is 5.27. The summed E-state index contributed by atoms with van der Waals surface area (Å²) in [5, 5.41) is 3.02. The Labute approximate surface area is 96.3 Å². The number of hydrogen-bond acceptors (Lipinski definition) is 4. The molecule has 0 saturated carbocycles. The molecule has 1 aromatic heterocycles. The van der Waals surface area contributed by atoms with E-state index in [0.29, 0.717) is 13.1 Å². The van der Waals surface area contributed by atoms with Crippen LogP contribution in [0.15, 0.2) is 16.5 Å². The highest BCUT2D eigenvalue weighted by atomic mass is 32.2. The lowest BCUT2D eigenvalue weighted by molar-refractivity contribution is 0.453. The topological polar surface area (TPSA) is 71.3 Å². The van der Waals surface area contributed by atoms with Gasteiger partial charge in [-0.2, -0.15) is 0 Å². The zero-order valence-electron chi connectivity index (χ0n) is 9.62. The maximum Gasteiger partial charge on any atom is 0.212 e. The molecule has 0 radical (unpaired) electrons. The van der Waals surface area contributed by atoms with Crippen LogP contribution in [0, 0.1) is 0 Å². The van der Waals surface area contributed by atoms with E-state index in [1.807, 2.05) is 19.1 Å². The molecule has 6 heteroatoms. The molecule has 16 heavy (non-hydrogen) atoms. The van der Waals surface area contributed by atoms with Gasteiger partial charge in [-0.3, -0.25) is 0 Å². The molecule has 0 amide bonds. The van der Waals surface area contributed by atoms with Crippen molar-refractivity contribution in [3.63, 3.8) is 0 Å². The van der Waals surface area contributed by atoms with Crippen molar-refractivity contribution in [2.75, 3.05) is 19.3 Å². The van der Waals surface area contributed by atoms with Gasteiger partial charge in [-0.25, -0.2) is 13.1 Å². The van der Waals surface area contributed by atoms with Crippen LogP contribution in [0.4, 0.5) is 0 Å². The molecule has 1 rings (SSSR count). The van der Waals surface area contributed by atoms with E-state index in [1.54, 1.807) is 0 Å². The van der Waals surface area contributed by atoms with Crippen LogP contribution in [0.25, 0.3) is 0 Å².